The maximum absolute atomic E-state index is 8.07. The van der Waals surface area contributed by atoms with Crippen LogP contribution in [0.5, 0.6) is 0 Å². The Hall–Kier alpha value is -0.409. The summed E-state index contributed by atoms with van der Waals surface area (Å²) in [5, 5.41) is 32.3. The van der Waals surface area contributed by atoms with Gasteiger partial charge in [-0.05, 0) is 32.1 Å². The SMILES string of the molecule is C.C=O.CCCCO.CCCCO.CCCCO.CCCCO.CO[Si](CCCN=C(N(C)C)N(C)C)(OC)OC.[Ti]. The van der Waals surface area contributed by atoms with Crippen molar-refractivity contribution in [3.8, 4) is 0 Å². The van der Waals surface area contributed by atoms with E-state index in [1.165, 1.54) is 0 Å². The van der Waals surface area contributed by atoms with E-state index in [1.807, 2.05) is 44.8 Å². The molecule has 0 aromatic heterocycles. The van der Waals surface area contributed by atoms with Crippen LogP contribution < -0.4 is 0 Å². The van der Waals surface area contributed by atoms with Crippen molar-refractivity contribution in [1.82, 2.24) is 9.80 Å². The van der Waals surface area contributed by atoms with Crippen LogP contribution in [0.15, 0.2) is 4.99 Å². The number of unbranched alkanes of at least 4 members (excludes halogenated alkanes) is 4. The number of carbonyl (C=O) groups is 1. The Labute approximate surface area is 277 Å². The third kappa shape index (κ3) is 55.5. The second kappa shape index (κ2) is 56.4. The molecule has 0 rings (SSSR count). The number of nitrogens with zero attached hydrogens (tertiary/aromatic N) is 3. The molecule has 42 heavy (non-hydrogen) atoms. The zero-order chi connectivity index (χ0) is 32.7. The Balaban J connectivity index is -0.0000000661. The largest absolute Gasteiger partial charge is 0.500 e. The molecule has 0 saturated heterocycles. The molecule has 0 aliphatic heterocycles. The summed E-state index contributed by atoms with van der Waals surface area (Å²) in [5.41, 5.74) is 0. The summed E-state index contributed by atoms with van der Waals surface area (Å²) >= 11 is 0. The minimum Gasteiger partial charge on any atom is -0.396 e. The summed E-state index contributed by atoms with van der Waals surface area (Å²) in [4.78, 5) is 16.5. The maximum atomic E-state index is 8.07. The number of aliphatic hydroxyl groups excluding tert-OH is 4. The predicted octanol–water partition coefficient (Wildman–Crippen LogP) is 4.30. The van der Waals surface area contributed by atoms with E-state index >= 15 is 0 Å². The number of aliphatic hydroxyl groups is 4. The molecule has 4 N–H and O–H groups in total. The molecule has 0 aromatic carbocycles. The van der Waals surface area contributed by atoms with Crippen molar-refractivity contribution in [2.75, 3.05) is 82.5 Å². The van der Waals surface area contributed by atoms with Gasteiger partial charge in [-0.15, -0.1) is 0 Å². The molecule has 0 heterocycles. The molecule has 13 heteroatoms. The normalized spacial score (nSPS) is 8.93. The molecule has 0 radical (unpaired) electrons. The fourth-order valence-corrected chi connectivity index (χ4v) is 4.05. The average Bonchev–Trinajstić information content (AvgIpc) is 2.95. The maximum Gasteiger partial charge on any atom is 0.500 e. The minimum atomic E-state index is -2.44. The smallest absolute Gasteiger partial charge is 0.396 e. The molecule has 0 aromatic rings. The van der Waals surface area contributed by atoms with Gasteiger partial charge in [0, 0.05) is 110 Å². The number of aliphatic imine (C=N–C) groups is 1. The molecule has 0 amide bonds. The van der Waals surface area contributed by atoms with Crippen LogP contribution in [-0.2, 0) is 39.8 Å². The van der Waals surface area contributed by atoms with E-state index in [9.17, 15) is 0 Å². The molecule has 0 atom stereocenters. The summed E-state index contributed by atoms with van der Waals surface area (Å²) in [7, 11) is 10.4. The number of hydrogen-bond donors (Lipinski definition) is 4. The van der Waals surface area contributed by atoms with Crippen LogP contribution in [-0.4, -0.2) is 134 Å². The van der Waals surface area contributed by atoms with Gasteiger partial charge in [0.25, 0.3) is 0 Å². The third-order valence-corrected chi connectivity index (χ3v) is 7.51. The monoisotopic (exact) mass is 667 g/mol. The third-order valence-electron chi connectivity index (χ3n) is 4.67. The first kappa shape index (κ1) is 60.7. The minimum absolute atomic E-state index is 0. The van der Waals surface area contributed by atoms with E-state index in [0.717, 1.165) is 76.3 Å². The topological polar surface area (TPSA) is 145 Å². The van der Waals surface area contributed by atoms with Crippen molar-refractivity contribution in [3.63, 3.8) is 0 Å². The van der Waals surface area contributed by atoms with E-state index in [-0.39, 0.29) is 29.1 Å². The van der Waals surface area contributed by atoms with Crippen molar-refractivity contribution < 1.29 is 60.2 Å². The molecule has 0 unspecified atom stereocenters. The summed E-state index contributed by atoms with van der Waals surface area (Å²) in [6.45, 7) is 12.3. The summed E-state index contributed by atoms with van der Waals surface area (Å²) in [6.07, 6.45) is 9.03. The molecule has 0 fully saturated rings. The molecule has 11 nitrogen and oxygen atoms in total. The van der Waals surface area contributed by atoms with E-state index in [0.29, 0.717) is 26.4 Å². The van der Waals surface area contributed by atoms with Gasteiger partial charge in [-0.3, -0.25) is 4.99 Å². The quantitative estimate of drug-likeness (QED) is 0.0864. The van der Waals surface area contributed by atoms with Gasteiger partial charge in [0.05, 0.1) is 0 Å². The molecule has 0 aliphatic carbocycles. The Morgan fingerprint density at radius 1 is 0.643 bits per heavy atom. The van der Waals surface area contributed by atoms with Crippen molar-refractivity contribution >= 4 is 21.6 Å². The van der Waals surface area contributed by atoms with Crippen LogP contribution in [0.25, 0.3) is 0 Å². The first-order valence-electron chi connectivity index (χ1n) is 14.3. The second-order valence-corrected chi connectivity index (χ2v) is 11.8. The van der Waals surface area contributed by atoms with Gasteiger partial charge in [0.15, 0.2) is 5.96 Å². The zero-order valence-corrected chi connectivity index (χ0v) is 31.1. The van der Waals surface area contributed by atoms with E-state index in [4.69, 9.17) is 38.5 Å². The van der Waals surface area contributed by atoms with Gasteiger partial charge < -0.3 is 48.3 Å². The molecule has 0 bridgehead atoms. The first-order chi connectivity index (χ1) is 19.1. The van der Waals surface area contributed by atoms with Gasteiger partial charge in [-0.2, -0.15) is 0 Å². The fraction of sp³-hybridized carbons (Fsp3) is 0.931. The van der Waals surface area contributed by atoms with Crippen LogP contribution in [0.3, 0.4) is 0 Å². The van der Waals surface area contributed by atoms with Crippen molar-refractivity contribution in [2.45, 2.75) is 99.0 Å². The number of guanidine groups is 1. The fourth-order valence-electron chi connectivity index (χ4n) is 2.35. The number of rotatable bonds is 15. The number of carbonyl (C=O) groups excluding carboxylic acids is 1. The molecule has 0 saturated carbocycles. The molecule has 0 spiro atoms. The van der Waals surface area contributed by atoms with Gasteiger partial charge in [-0.1, -0.05) is 60.8 Å². The van der Waals surface area contributed by atoms with Crippen molar-refractivity contribution in [2.24, 2.45) is 4.99 Å². The summed E-state index contributed by atoms with van der Waals surface area (Å²) in [5.74, 6) is 0.953. The van der Waals surface area contributed by atoms with E-state index in [2.05, 4.69) is 32.7 Å². The van der Waals surface area contributed by atoms with E-state index in [1.54, 1.807) is 21.3 Å². The Morgan fingerprint density at radius 3 is 1.05 bits per heavy atom. The Morgan fingerprint density at radius 2 is 0.905 bits per heavy atom. The van der Waals surface area contributed by atoms with Crippen LogP contribution in [0.4, 0.5) is 0 Å². The Kier molecular flexibility index (Phi) is 81.5. The first-order valence-corrected chi connectivity index (χ1v) is 16.3. The molecule has 0 aliphatic rings. The summed E-state index contributed by atoms with van der Waals surface area (Å²) < 4.78 is 16.1. The van der Waals surface area contributed by atoms with Gasteiger partial charge in [0.2, 0.25) is 0 Å². The second-order valence-electron chi connectivity index (χ2n) is 8.68. The number of hydrogen-bond acceptors (Lipinski definition) is 9. The van der Waals surface area contributed by atoms with Crippen LogP contribution in [0.1, 0.15) is 92.9 Å². The average molecular weight is 668 g/mol. The van der Waals surface area contributed by atoms with Crippen LogP contribution in [0.2, 0.25) is 6.04 Å². The molecular formula is C29H73N3O8SiTi. The van der Waals surface area contributed by atoms with Crippen LogP contribution in [0, 0.1) is 0 Å². The zero-order valence-electron chi connectivity index (χ0n) is 28.6. The standard InChI is InChI=1S/C11H27N3O3Si.4C4H10O.CH2O.CH4.Ti/c1-13(2)11(14(3)4)12-9-8-10-18(15-5,16-6)17-7;4*1-2-3-4-5;1-2;;/h8-10H2,1-7H3;4*5H,2-4H2,1H3;1H2;1H4;. The van der Waals surface area contributed by atoms with Crippen molar-refractivity contribution in [3.05, 3.63) is 0 Å². The van der Waals surface area contributed by atoms with Crippen molar-refractivity contribution in [1.29, 1.82) is 0 Å². The van der Waals surface area contributed by atoms with Gasteiger partial charge in [-0.25, -0.2) is 0 Å². The predicted molar refractivity (Wildman–Crippen MR) is 178 cm³/mol. The Bertz CT molecular complexity index is 403. The van der Waals surface area contributed by atoms with Gasteiger partial charge >= 0.3 is 8.80 Å². The molecular weight excluding hydrogens is 594 g/mol. The van der Waals surface area contributed by atoms with Crippen LogP contribution >= 0.6 is 0 Å². The van der Waals surface area contributed by atoms with Gasteiger partial charge in [0.1, 0.15) is 6.79 Å². The molecule has 260 valence electrons. The van der Waals surface area contributed by atoms with E-state index < -0.39 is 8.80 Å². The summed E-state index contributed by atoms with van der Waals surface area (Å²) in [6, 6.07) is 0.772.